The topological polar surface area (TPSA) is 146 Å². The fourth-order valence-electron chi connectivity index (χ4n) is 9.24. The number of rotatable bonds is 20. The Morgan fingerprint density at radius 1 is 0.967 bits per heavy atom. The average Bonchev–Trinajstić information content (AvgIpc) is 3.25. The highest BCUT2D eigenvalue weighted by molar-refractivity contribution is 6.03. The zero-order valence-corrected chi connectivity index (χ0v) is 36.4. The maximum absolute atomic E-state index is 14.5. The molecule has 328 valence electrons. The number of unbranched alkanes of at least 4 members (excludes halogenated alkanes) is 2. The van der Waals surface area contributed by atoms with Crippen LogP contribution in [-0.4, -0.2) is 91.5 Å². The minimum atomic E-state index is -1.39. The number of hydrogen-bond acceptors (Lipinski definition) is 11. The van der Waals surface area contributed by atoms with Gasteiger partial charge in [0.25, 0.3) is 0 Å². The number of methoxy groups -OCH3 is 2. The lowest BCUT2D eigenvalue weighted by Crippen LogP contribution is -2.69. The third-order valence-corrected chi connectivity index (χ3v) is 12.0. The number of allylic oxidation sites excluding steroid dienone is 1. The van der Waals surface area contributed by atoms with Crippen LogP contribution in [0.15, 0.2) is 90.1 Å². The van der Waals surface area contributed by atoms with E-state index in [2.05, 4.69) is 12.7 Å². The summed E-state index contributed by atoms with van der Waals surface area (Å²) in [5.41, 5.74) is 3.15. The quantitative estimate of drug-likeness (QED) is 0.0492. The van der Waals surface area contributed by atoms with Crippen LogP contribution in [0.3, 0.4) is 0 Å². The Bertz CT molecular complexity index is 2070. The van der Waals surface area contributed by atoms with Gasteiger partial charge in [0.2, 0.25) is 11.7 Å². The molecule has 0 radical (unpaired) electrons. The minimum Gasteiger partial charge on any atom is -0.497 e. The van der Waals surface area contributed by atoms with Crippen molar-refractivity contribution in [1.29, 1.82) is 0 Å². The summed E-state index contributed by atoms with van der Waals surface area (Å²) in [6.45, 7) is 10.2. The summed E-state index contributed by atoms with van der Waals surface area (Å²) in [6, 6.07) is 17.7. The molecular weight excluding hydrogens is 777 g/mol. The van der Waals surface area contributed by atoms with Gasteiger partial charge in [0.15, 0.2) is 6.29 Å². The van der Waals surface area contributed by atoms with Crippen LogP contribution in [-0.2, 0) is 20.8 Å². The fourth-order valence-corrected chi connectivity index (χ4v) is 9.24. The van der Waals surface area contributed by atoms with Gasteiger partial charge in [-0.05, 0) is 118 Å². The van der Waals surface area contributed by atoms with Gasteiger partial charge in [-0.15, -0.1) is 6.58 Å². The number of ether oxygens (including phenoxy) is 5. The third kappa shape index (κ3) is 10.1. The summed E-state index contributed by atoms with van der Waals surface area (Å²) < 4.78 is 31.6. The number of benzene rings is 3. The SMILES string of the molecule is C=CCO[C@@]12Oc3ccc(Oc4ccc(OC)c(C=O)c4)cc3[C@H]3[C@H](CCCCO)[C@@H](CCCCO)C=C(C(=NOC(C)(C)C)C[C@@H]1N(C)C(=O)Cc1cccc(OC)c1)[C@H]32. The van der Waals surface area contributed by atoms with Crippen molar-refractivity contribution in [2.24, 2.45) is 22.9 Å². The molecule has 12 nitrogen and oxygen atoms in total. The van der Waals surface area contributed by atoms with Crippen LogP contribution in [0.1, 0.15) is 93.1 Å². The third-order valence-electron chi connectivity index (χ3n) is 12.0. The van der Waals surface area contributed by atoms with E-state index in [4.69, 9.17) is 33.7 Å². The normalized spacial score (nSPS) is 23.4. The monoisotopic (exact) mass is 838 g/mol. The standard InChI is InChI=1S/C49H62N2O10/c1-8-24-58-49-44(51(5)45(55)26-32-14-13-16-35(25-32)56-6)30-41(50-61-48(2,3)4)39-28-33(15-9-11-22-52)38(17-10-12-23-53)46(47(39)49)40-29-37(19-21-43(40)60-49)59-36-18-20-42(57-7)34(27-36)31-54/h8,13-14,16,18-21,25,27-29,31,33,38,44,46-47,52-53H,1,9-12,15,17,22-24,26,30H2,2-7H3/t33-,38+,44-,46+,47+,49+/m0/s1. The van der Waals surface area contributed by atoms with Crippen LogP contribution in [0.4, 0.5) is 0 Å². The second kappa shape index (κ2) is 20.1. The molecule has 0 unspecified atom stereocenters. The van der Waals surface area contributed by atoms with E-state index < -0.39 is 23.3 Å². The molecule has 0 spiro atoms. The lowest BCUT2D eigenvalue weighted by atomic mass is 9.55. The number of oxime groups is 1. The van der Waals surface area contributed by atoms with E-state index in [9.17, 15) is 19.8 Å². The molecule has 61 heavy (non-hydrogen) atoms. The smallest absolute Gasteiger partial charge is 0.239 e. The Balaban J connectivity index is 1.56. The largest absolute Gasteiger partial charge is 0.497 e. The number of aliphatic hydroxyl groups excluding tert-OH is 2. The lowest BCUT2D eigenvalue weighted by molar-refractivity contribution is -0.255. The van der Waals surface area contributed by atoms with E-state index in [1.165, 1.54) is 7.11 Å². The second-order valence-electron chi connectivity index (χ2n) is 17.1. The molecule has 1 fully saturated rings. The summed E-state index contributed by atoms with van der Waals surface area (Å²) in [7, 11) is 4.92. The molecule has 12 heteroatoms. The molecule has 2 aliphatic carbocycles. The minimum absolute atomic E-state index is 0.0348. The van der Waals surface area contributed by atoms with Gasteiger partial charge in [-0.2, -0.15) is 0 Å². The van der Waals surface area contributed by atoms with Gasteiger partial charge < -0.3 is 43.6 Å². The van der Waals surface area contributed by atoms with Crippen molar-refractivity contribution in [2.75, 3.05) is 41.1 Å². The first-order valence-electron chi connectivity index (χ1n) is 21.4. The Hall–Kier alpha value is -5.17. The predicted octanol–water partition coefficient (Wildman–Crippen LogP) is 8.44. The van der Waals surface area contributed by atoms with Crippen LogP contribution in [0.2, 0.25) is 0 Å². The van der Waals surface area contributed by atoms with E-state index in [0.29, 0.717) is 52.9 Å². The molecule has 1 heterocycles. The molecule has 3 aromatic rings. The van der Waals surface area contributed by atoms with Crippen molar-refractivity contribution >= 4 is 17.9 Å². The number of carbonyl (C=O) groups is 2. The van der Waals surface area contributed by atoms with E-state index >= 15 is 0 Å². The Kier molecular flexibility index (Phi) is 15.0. The van der Waals surface area contributed by atoms with E-state index in [-0.39, 0.29) is 56.3 Å². The first-order valence-corrected chi connectivity index (χ1v) is 21.4. The van der Waals surface area contributed by atoms with Gasteiger partial charge in [0.1, 0.15) is 40.4 Å². The number of likely N-dealkylation sites (N-methyl/N-ethyl adjacent to an activating group) is 1. The van der Waals surface area contributed by atoms with Crippen LogP contribution in [0, 0.1) is 17.8 Å². The molecule has 0 aromatic heterocycles. The number of nitrogens with zero attached hydrogens (tertiary/aromatic N) is 2. The maximum atomic E-state index is 14.5. The van der Waals surface area contributed by atoms with Crippen molar-refractivity contribution < 1.29 is 48.3 Å². The number of aliphatic hydroxyl groups is 2. The van der Waals surface area contributed by atoms with E-state index in [1.807, 2.05) is 63.2 Å². The summed E-state index contributed by atoms with van der Waals surface area (Å²) in [5, 5.41) is 24.7. The summed E-state index contributed by atoms with van der Waals surface area (Å²) >= 11 is 0. The van der Waals surface area contributed by atoms with Gasteiger partial charge in [-0.25, -0.2) is 0 Å². The van der Waals surface area contributed by atoms with Crippen LogP contribution < -0.4 is 18.9 Å². The van der Waals surface area contributed by atoms with Gasteiger partial charge in [-0.3, -0.25) is 9.59 Å². The molecular formula is C49H62N2O10. The zero-order valence-electron chi connectivity index (χ0n) is 36.4. The summed E-state index contributed by atoms with van der Waals surface area (Å²) in [4.78, 5) is 34.4. The molecule has 1 saturated carbocycles. The van der Waals surface area contributed by atoms with Crippen molar-refractivity contribution in [3.05, 3.63) is 102 Å². The predicted molar refractivity (Wildman–Crippen MR) is 234 cm³/mol. The highest BCUT2D eigenvalue weighted by Crippen LogP contribution is 2.62. The average molecular weight is 839 g/mol. The molecule has 3 aromatic carbocycles. The summed E-state index contributed by atoms with van der Waals surface area (Å²) in [6.07, 6.45) is 9.68. The Morgan fingerprint density at radius 3 is 2.39 bits per heavy atom. The number of fused-ring (bicyclic) bond motifs is 2. The number of aldehydes is 1. The molecule has 6 rings (SSSR count). The lowest BCUT2D eigenvalue weighted by Gasteiger charge is -2.59. The molecule has 6 atom stereocenters. The van der Waals surface area contributed by atoms with Gasteiger partial charge in [0, 0.05) is 38.2 Å². The van der Waals surface area contributed by atoms with Crippen molar-refractivity contribution in [2.45, 2.75) is 95.5 Å². The number of carbonyl (C=O) groups excluding carboxylic acids is 2. The molecule has 1 aliphatic heterocycles. The van der Waals surface area contributed by atoms with Gasteiger partial charge in [-0.1, -0.05) is 42.3 Å². The highest BCUT2D eigenvalue weighted by Gasteiger charge is 2.65. The van der Waals surface area contributed by atoms with Crippen molar-refractivity contribution in [3.63, 3.8) is 0 Å². The number of hydrogen-bond donors (Lipinski definition) is 2. The van der Waals surface area contributed by atoms with Crippen molar-refractivity contribution in [3.8, 4) is 28.7 Å². The van der Waals surface area contributed by atoms with E-state index in [1.54, 1.807) is 43.3 Å². The molecule has 1 amide bonds. The molecule has 0 bridgehead atoms. The Morgan fingerprint density at radius 2 is 1.70 bits per heavy atom. The zero-order chi connectivity index (χ0) is 43.7. The first kappa shape index (κ1) is 45.4. The first-order chi connectivity index (χ1) is 29.4. The summed E-state index contributed by atoms with van der Waals surface area (Å²) in [5.74, 6) is 0.603. The molecule has 3 aliphatic rings. The molecule has 2 N–H and O–H groups in total. The van der Waals surface area contributed by atoms with Crippen LogP contribution in [0.5, 0.6) is 28.7 Å². The Labute approximate surface area is 360 Å². The number of amides is 1. The highest BCUT2D eigenvalue weighted by atomic mass is 16.7. The van der Waals surface area contributed by atoms with Crippen molar-refractivity contribution in [1.82, 2.24) is 4.90 Å². The molecule has 0 saturated heterocycles. The fraction of sp³-hybridized carbons (Fsp3) is 0.490. The van der Waals surface area contributed by atoms with Gasteiger partial charge >= 0.3 is 0 Å². The van der Waals surface area contributed by atoms with Crippen LogP contribution in [0.25, 0.3) is 0 Å². The maximum Gasteiger partial charge on any atom is 0.239 e. The second-order valence-corrected chi connectivity index (χ2v) is 17.1. The van der Waals surface area contributed by atoms with E-state index in [0.717, 1.165) is 48.7 Å². The van der Waals surface area contributed by atoms with Gasteiger partial charge in [0.05, 0.1) is 44.4 Å². The van der Waals surface area contributed by atoms with Crippen LogP contribution >= 0.6 is 0 Å².